The first-order valence-electron chi connectivity index (χ1n) is 11.2. The van der Waals surface area contributed by atoms with Crippen molar-refractivity contribution in [1.29, 1.82) is 0 Å². The fraction of sp³-hybridized carbons (Fsp3) is 0.292. The average Bonchev–Trinajstić information content (AvgIpc) is 3.22. The number of carboxylic acids is 2. The zero-order valence-electron chi connectivity index (χ0n) is 20.9. The molecule has 4 rings (SSSR count). The molecular formula is C24H21F7N4O6. The Labute approximate surface area is 226 Å². The third-order valence-corrected chi connectivity index (χ3v) is 5.00. The van der Waals surface area contributed by atoms with E-state index in [-0.39, 0.29) is 11.8 Å². The number of nitrogens with zero attached hydrogens (tertiary/aromatic N) is 4. The van der Waals surface area contributed by atoms with E-state index in [1.54, 1.807) is 17.3 Å². The molecular weight excluding hydrogens is 573 g/mol. The van der Waals surface area contributed by atoms with E-state index in [1.165, 1.54) is 18.3 Å². The molecule has 0 saturated heterocycles. The Hall–Kier alpha value is -4.70. The van der Waals surface area contributed by atoms with Crippen molar-refractivity contribution in [3.05, 3.63) is 77.8 Å². The maximum absolute atomic E-state index is 14.0. The molecule has 1 aliphatic rings. The number of hydrogen-bond acceptors (Lipinski definition) is 6. The molecule has 0 saturated carbocycles. The molecule has 0 radical (unpaired) electrons. The second-order valence-corrected chi connectivity index (χ2v) is 8.22. The molecule has 10 nitrogen and oxygen atoms in total. The Morgan fingerprint density at radius 1 is 0.976 bits per heavy atom. The summed E-state index contributed by atoms with van der Waals surface area (Å²) in [5.41, 5.74) is 2.44. The molecule has 41 heavy (non-hydrogen) atoms. The minimum Gasteiger partial charge on any atom is -0.475 e. The first-order valence-corrected chi connectivity index (χ1v) is 11.2. The van der Waals surface area contributed by atoms with E-state index >= 15 is 0 Å². The van der Waals surface area contributed by atoms with Crippen LogP contribution in [-0.2, 0) is 22.7 Å². The van der Waals surface area contributed by atoms with Gasteiger partial charge in [-0.3, -0.25) is 9.78 Å². The number of amides is 1. The van der Waals surface area contributed by atoms with E-state index < -0.39 is 36.2 Å². The molecule has 1 amide bonds. The standard InChI is InChI=1S/C20H19FN4O2.2C2HF3O2/c1-14-8-15(10-22-9-14)20(26)25-11-16-4-3-7-24(16)12-17(13-25)27-19-18(21)5-2-6-23-19;2*3-2(4,5)1(6)7/h2-10,17H,11-13H2,1H3;2*(H,6,7). The van der Waals surface area contributed by atoms with Gasteiger partial charge >= 0.3 is 24.3 Å². The SMILES string of the molecule is Cc1cncc(C(=O)N2Cc3cccn3CC(Oc3ncccc3F)C2)c1.O=C(O)C(F)(F)F.O=C(O)C(F)(F)F. The number of aromatic nitrogens is 3. The number of pyridine rings is 2. The van der Waals surface area contributed by atoms with Gasteiger partial charge in [0, 0.05) is 30.5 Å². The van der Waals surface area contributed by atoms with Gasteiger partial charge in [0.1, 0.15) is 6.10 Å². The van der Waals surface area contributed by atoms with Crippen LogP contribution in [0.1, 0.15) is 21.6 Å². The molecule has 3 aromatic rings. The predicted molar refractivity (Wildman–Crippen MR) is 124 cm³/mol. The lowest BCUT2D eigenvalue weighted by atomic mass is 10.2. The number of carbonyl (C=O) groups is 3. The first kappa shape index (κ1) is 32.5. The highest BCUT2D eigenvalue weighted by Crippen LogP contribution is 2.21. The van der Waals surface area contributed by atoms with Crippen LogP contribution in [0.25, 0.3) is 0 Å². The van der Waals surface area contributed by atoms with Gasteiger partial charge in [-0.1, -0.05) is 0 Å². The van der Waals surface area contributed by atoms with Crippen molar-refractivity contribution in [1.82, 2.24) is 19.4 Å². The van der Waals surface area contributed by atoms with Crippen molar-refractivity contribution in [2.75, 3.05) is 6.54 Å². The number of fused-ring (bicyclic) bond motifs is 1. The van der Waals surface area contributed by atoms with Gasteiger partial charge in [0.25, 0.3) is 11.8 Å². The summed E-state index contributed by atoms with van der Waals surface area (Å²) in [5.74, 6) is -6.21. The molecule has 222 valence electrons. The highest BCUT2D eigenvalue weighted by atomic mass is 19.4. The number of carbonyl (C=O) groups excluding carboxylic acids is 1. The van der Waals surface area contributed by atoms with Crippen molar-refractivity contribution in [2.45, 2.75) is 38.5 Å². The van der Waals surface area contributed by atoms with Gasteiger partial charge in [-0.2, -0.15) is 26.3 Å². The highest BCUT2D eigenvalue weighted by molar-refractivity contribution is 5.94. The lowest BCUT2D eigenvalue weighted by Gasteiger charge is -2.24. The number of ether oxygens (including phenoxy) is 1. The summed E-state index contributed by atoms with van der Waals surface area (Å²) in [4.78, 5) is 40.6. The Morgan fingerprint density at radius 3 is 2.12 bits per heavy atom. The quantitative estimate of drug-likeness (QED) is 0.433. The highest BCUT2D eigenvalue weighted by Gasteiger charge is 2.39. The summed E-state index contributed by atoms with van der Waals surface area (Å²) in [7, 11) is 0. The summed E-state index contributed by atoms with van der Waals surface area (Å²) in [6, 6.07) is 8.53. The van der Waals surface area contributed by atoms with Gasteiger partial charge in [-0.15, -0.1) is 0 Å². The number of aliphatic carboxylic acids is 2. The van der Waals surface area contributed by atoms with Crippen LogP contribution in [0.3, 0.4) is 0 Å². The van der Waals surface area contributed by atoms with Crippen molar-refractivity contribution in [3.63, 3.8) is 0 Å². The minimum absolute atomic E-state index is 0.0530. The molecule has 1 unspecified atom stereocenters. The molecule has 4 heterocycles. The Balaban J connectivity index is 0.000000349. The maximum Gasteiger partial charge on any atom is 0.490 e. The molecule has 0 bridgehead atoms. The summed E-state index contributed by atoms with van der Waals surface area (Å²) < 4.78 is 85.3. The minimum atomic E-state index is -5.08. The summed E-state index contributed by atoms with van der Waals surface area (Å²) in [5, 5.41) is 14.2. The van der Waals surface area contributed by atoms with Crippen LogP contribution in [0.5, 0.6) is 5.88 Å². The van der Waals surface area contributed by atoms with Crippen LogP contribution in [0.4, 0.5) is 30.7 Å². The van der Waals surface area contributed by atoms with Crippen LogP contribution in [-0.4, -0.2) is 72.5 Å². The van der Waals surface area contributed by atoms with Gasteiger partial charge < -0.3 is 24.4 Å². The second-order valence-electron chi connectivity index (χ2n) is 8.22. The van der Waals surface area contributed by atoms with Crippen molar-refractivity contribution < 1.29 is 60.1 Å². The first-order chi connectivity index (χ1) is 19.0. The van der Waals surface area contributed by atoms with Gasteiger partial charge in [0.05, 0.1) is 25.2 Å². The monoisotopic (exact) mass is 594 g/mol. The number of rotatable bonds is 3. The van der Waals surface area contributed by atoms with Crippen molar-refractivity contribution >= 4 is 17.8 Å². The summed E-state index contributed by atoms with van der Waals surface area (Å²) in [6.45, 7) is 3.18. The predicted octanol–water partition coefficient (Wildman–Crippen LogP) is 4.10. The maximum atomic E-state index is 14.0. The molecule has 1 atom stereocenters. The number of aryl methyl sites for hydroxylation is 1. The third-order valence-electron chi connectivity index (χ3n) is 5.00. The lowest BCUT2D eigenvalue weighted by molar-refractivity contribution is -0.193. The summed E-state index contributed by atoms with van der Waals surface area (Å²) in [6.07, 6.45) is -3.90. The number of halogens is 7. The van der Waals surface area contributed by atoms with Crippen LogP contribution in [0.2, 0.25) is 0 Å². The summed E-state index contributed by atoms with van der Waals surface area (Å²) >= 11 is 0. The molecule has 0 spiro atoms. The fourth-order valence-corrected chi connectivity index (χ4v) is 3.25. The van der Waals surface area contributed by atoms with Gasteiger partial charge in [-0.25, -0.2) is 19.0 Å². The van der Waals surface area contributed by atoms with E-state index in [0.29, 0.717) is 25.2 Å². The Bertz CT molecular complexity index is 1340. The smallest absolute Gasteiger partial charge is 0.475 e. The Kier molecular flexibility index (Phi) is 10.8. The molecule has 0 aliphatic carbocycles. The van der Waals surface area contributed by atoms with Gasteiger partial charge in [0.2, 0.25) is 0 Å². The normalized spacial score (nSPS) is 14.7. The molecule has 17 heteroatoms. The average molecular weight is 594 g/mol. The largest absolute Gasteiger partial charge is 0.490 e. The van der Waals surface area contributed by atoms with Crippen molar-refractivity contribution in [3.8, 4) is 5.88 Å². The van der Waals surface area contributed by atoms with E-state index in [2.05, 4.69) is 9.97 Å². The van der Waals surface area contributed by atoms with E-state index in [0.717, 1.165) is 11.3 Å². The van der Waals surface area contributed by atoms with E-state index in [9.17, 15) is 35.5 Å². The number of hydrogen-bond donors (Lipinski definition) is 2. The molecule has 1 aliphatic heterocycles. The Morgan fingerprint density at radius 2 is 1.59 bits per heavy atom. The topological polar surface area (TPSA) is 135 Å². The number of carboxylic acid groups (broad SMARTS) is 2. The number of alkyl halides is 6. The molecule has 3 aromatic heterocycles. The van der Waals surface area contributed by atoms with Crippen molar-refractivity contribution in [2.24, 2.45) is 0 Å². The molecule has 0 aromatic carbocycles. The van der Waals surface area contributed by atoms with Crippen LogP contribution in [0.15, 0.2) is 55.1 Å². The van der Waals surface area contributed by atoms with Crippen LogP contribution in [0, 0.1) is 12.7 Å². The molecule has 2 N–H and O–H groups in total. The third kappa shape index (κ3) is 10.1. The van der Waals surface area contributed by atoms with Gasteiger partial charge in [-0.05, 0) is 42.8 Å². The van der Waals surface area contributed by atoms with Crippen LogP contribution < -0.4 is 4.74 Å². The molecule has 0 fully saturated rings. The second kappa shape index (κ2) is 13.6. The zero-order chi connectivity index (χ0) is 31.0. The van der Waals surface area contributed by atoms with Crippen LogP contribution >= 0.6 is 0 Å². The zero-order valence-corrected chi connectivity index (χ0v) is 20.9. The lowest BCUT2D eigenvalue weighted by Crippen LogP contribution is -2.39. The van der Waals surface area contributed by atoms with Gasteiger partial charge in [0.15, 0.2) is 5.82 Å². The van der Waals surface area contributed by atoms with E-state index in [4.69, 9.17) is 24.5 Å². The fourth-order valence-electron chi connectivity index (χ4n) is 3.25. The van der Waals surface area contributed by atoms with E-state index in [1.807, 2.05) is 35.9 Å².